The van der Waals surface area contributed by atoms with Gasteiger partial charge in [-0.25, -0.2) is 4.98 Å². The quantitative estimate of drug-likeness (QED) is 0.737. The Balaban J connectivity index is 1.70. The van der Waals surface area contributed by atoms with Crippen LogP contribution in [0.4, 0.5) is 19.0 Å². The second kappa shape index (κ2) is 7.19. The van der Waals surface area contributed by atoms with Crippen LogP contribution in [0.2, 0.25) is 0 Å². The Morgan fingerprint density at radius 3 is 2.39 bits per heavy atom. The maximum absolute atomic E-state index is 13.3. The Morgan fingerprint density at radius 1 is 1.13 bits per heavy atom. The summed E-state index contributed by atoms with van der Waals surface area (Å²) in [6.45, 7) is 3.46. The van der Waals surface area contributed by atoms with Crippen molar-refractivity contribution >= 4 is 33.5 Å². The van der Waals surface area contributed by atoms with E-state index in [2.05, 4.69) is 25.8 Å². The highest BCUT2D eigenvalue weighted by Gasteiger charge is 2.37. The van der Waals surface area contributed by atoms with E-state index in [9.17, 15) is 13.2 Å². The molecular formula is C15H19BrF3N3S. The highest BCUT2D eigenvalue weighted by molar-refractivity contribution is 9.10. The van der Waals surface area contributed by atoms with E-state index in [0.717, 1.165) is 43.5 Å². The molecule has 0 bridgehead atoms. The summed E-state index contributed by atoms with van der Waals surface area (Å²) < 4.78 is 40.1. The molecule has 0 spiro atoms. The first kappa shape index (κ1) is 17.4. The number of hydrogen-bond acceptors (Lipinski definition) is 4. The minimum atomic E-state index is -4.38. The molecule has 1 aromatic rings. The number of halogens is 4. The third-order valence-corrected chi connectivity index (χ3v) is 5.84. The minimum Gasteiger partial charge on any atom is -0.356 e. The summed E-state index contributed by atoms with van der Waals surface area (Å²) in [7, 11) is 0. The SMILES string of the molecule is FC(F)(F)c1cc(Br)cnc1N1CCC(N2CCSCC2)CC1. The first-order chi connectivity index (χ1) is 10.9. The predicted octanol–water partition coefficient (Wildman–Crippen LogP) is 3.88. The fraction of sp³-hybridized carbons (Fsp3) is 0.667. The number of alkyl halides is 3. The van der Waals surface area contributed by atoms with Crippen LogP contribution in [0.5, 0.6) is 0 Å². The molecule has 2 saturated heterocycles. The van der Waals surface area contributed by atoms with Gasteiger partial charge in [-0.2, -0.15) is 24.9 Å². The van der Waals surface area contributed by atoms with E-state index < -0.39 is 11.7 Å². The normalized spacial score (nSPS) is 21.7. The molecule has 2 fully saturated rings. The predicted molar refractivity (Wildman–Crippen MR) is 91.1 cm³/mol. The van der Waals surface area contributed by atoms with E-state index in [0.29, 0.717) is 23.6 Å². The standard InChI is InChI=1S/C15H19BrF3N3S/c16-11-9-13(15(17,18)19)14(20-10-11)22-3-1-12(2-4-22)21-5-7-23-8-6-21/h9-10,12H,1-8H2. The summed E-state index contributed by atoms with van der Waals surface area (Å²) in [4.78, 5) is 8.32. The van der Waals surface area contributed by atoms with Gasteiger partial charge < -0.3 is 4.90 Å². The molecule has 2 aliphatic heterocycles. The third kappa shape index (κ3) is 4.14. The van der Waals surface area contributed by atoms with Crippen molar-refractivity contribution in [3.8, 4) is 0 Å². The molecule has 0 amide bonds. The minimum absolute atomic E-state index is 0.0633. The number of anilines is 1. The van der Waals surface area contributed by atoms with Crippen LogP contribution < -0.4 is 4.90 Å². The van der Waals surface area contributed by atoms with Crippen LogP contribution in [-0.4, -0.2) is 53.6 Å². The van der Waals surface area contributed by atoms with Gasteiger partial charge in [0, 0.05) is 54.4 Å². The highest BCUT2D eigenvalue weighted by atomic mass is 79.9. The van der Waals surface area contributed by atoms with Crippen molar-refractivity contribution in [3.05, 3.63) is 22.3 Å². The smallest absolute Gasteiger partial charge is 0.356 e. The average molecular weight is 410 g/mol. The number of thioether (sulfide) groups is 1. The fourth-order valence-corrected chi connectivity index (χ4v) is 4.54. The van der Waals surface area contributed by atoms with Crippen LogP contribution in [-0.2, 0) is 6.18 Å². The van der Waals surface area contributed by atoms with Crippen LogP contribution in [0, 0.1) is 0 Å². The Kier molecular flexibility index (Phi) is 5.42. The molecule has 0 saturated carbocycles. The summed E-state index contributed by atoms with van der Waals surface area (Å²) in [6, 6.07) is 1.62. The van der Waals surface area contributed by atoms with Gasteiger partial charge in [-0.05, 0) is 34.8 Å². The van der Waals surface area contributed by atoms with E-state index in [1.54, 1.807) is 4.90 Å². The molecule has 0 aromatic carbocycles. The van der Waals surface area contributed by atoms with Crippen molar-refractivity contribution in [1.82, 2.24) is 9.88 Å². The van der Waals surface area contributed by atoms with Gasteiger partial charge in [0.25, 0.3) is 0 Å². The number of piperidine rings is 1. The monoisotopic (exact) mass is 409 g/mol. The molecule has 0 aliphatic carbocycles. The molecule has 3 nitrogen and oxygen atoms in total. The first-order valence-electron chi connectivity index (χ1n) is 7.74. The Bertz CT molecular complexity index is 541. The van der Waals surface area contributed by atoms with Gasteiger partial charge in [0.2, 0.25) is 0 Å². The fourth-order valence-electron chi connectivity index (χ4n) is 3.28. The molecule has 1 aromatic heterocycles. The summed E-state index contributed by atoms with van der Waals surface area (Å²) in [5.41, 5.74) is -0.653. The van der Waals surface area contributed by atoms with Gasteiger partial charge >= 0.3 is 6.18 Å². The van der Waals surface area contributed by atoms with Gasteiger partial charge in [0.15, 0.2) is 0 Å². The third-order valence-electron chi connectivity index (χ3n) is 4.46. The van der Waals surface area contributed by atoms with E-state index in [4.69, 9.17) is 0 Å². The summed E-state index contributed by atoms with van der Waals surface area (Å²) in [6.07, 6.45) is -1.13. The van der Waals surface area contributed by atoms with E-state index >= 15 is 0 Å². The van der Waals surface area contributed by atoms with Gasteiger partial charge in [-0.3, -0.25) is 4.90 Å². The van der Waals surface area contributed by atoms with Crippen molar-refractivity contribution in [2.75, 3.05) is 42.6 Å². The lowest BCUT2D eigenvalue weighted by atomic mass is 10.0. The molecule has 0 N–H and O–H groups in total. The lowest BCUT2D eigenvalue weighted by Crippen LogP contribution is -2.48. The van der Waals surface area contributed by atoms with Crippen LogP contribution in [0.25, 0.3) is 0 Å². The van der Waals surface area contributed by atoms with E-state index in [1.807, 2.05) is 11.8 Å². The van der Waals surface area contributed by atoms with E-state index in [-0.39, 0.29) is 5.82 Å². The molecule has 8 heteroatoms. The van der Waals surface area contributed by atoms with Gasteiger partial charge in [-0.15, -0.1) is 0 Å². The zero-order valence-electron chi connectivity index (χ0n) is 12.7. The number of nitrogens with zero attached hydrogens (tertiary/aromatic N) is 3. The van der Waals surface area contributed by atoms with Crippen molar-refractivity contribution in [2.24, 2.45) is 0 Å². The second-order valence-electron chi connectivity index (χ2n) is 5.89. The van der Waals surface area contributed by atoms with Crippen molar-refractivity contribution in [1.29, 1.82) is 0 Å². The Labute approximate surface area is 146 Å². The van der Waals surface area contributed by atoms with Crippen LogP contribution in [0.3, 0.4) is 0 Å². The van der Waals surface area contributed by atoms with Crippen molar-refractivity contribution in [2.45, 2.75) is 25.1 Å². The number of pyridine rings is 1. The molecule has 3 heterocycles. The number of rotatable bonds is 2. The largest absolute Gasteiger partial charge is 0.419 e. The first-order valence-corrected chi connectivity index (χ1v) is 9.69. The van der Waals surface area contributed by atoms with Gasteiger partial charge in [0.1, 0.15) is 5.82 Å². The van der Waals surface area contributed by atoms with Crippen LogP contribution in [0.15, 0.2) is 16.7 Å². The van der Waals surface area contributed by atoms with Crippen LogP contribution >= 0.6 is 27.7 Å². The molecule has 0 radical (unpaired) electrons. The number of hydrogen-bond donors (Lipinski definition) is 0. The topological polar surface area (TPSA) is 19.4 Å². The Hall–Kier alpha value is -0.470. The second-order valence-corrected chi connectivity index (χ2v) is 8.03. The summed E-state index contributed by atoms with van der Waals surface area (Å²) in [5, 5.41) is 0. The maximum Gasteiger partial charge on any atom is 0.419 e. The lowest BCUT2D eigenvalue weighted by Gasteiger charge is -2.40. The molecule has 3 rings (SSSR count). The average Bonchev–Trinajstić information content (AvgIpc) is 2.55. The highest BCUT2D eigenvalue weighted by Crippen LogP contribution is 2.37. The molecule has 0 unspecified atom stereocenters. The molecule has 2 aliphatic rings. The molecular weight excluding hydrogens is 391 g/mol. The van der Waals surface area contributed by atoms with Crippen molar-refractivity contribution in [3.63, 3.8) is 0 Å². The Morgan fingerprint density at radius 2 is 1.78 bits per heavy atom. The zero-order chi connectivity index (χ0) is 16.4. The molecule has 128 valence electrons. The summed E-state index contributed by atoms with van der Waals surface area (Å²) >= 11 is 5.06. The van der Waals surface area contributed by atoms with Crippen molar-refractivity contribution < 1.29 is 13.2 Å². The van der Waals surface area contributed by atoms with Crippen LogP contribution in [0.1, 0.15) is 18.4 Å². The molecule has 23 heavy (non-hydrogen) atoms. The van der Waals surface area contributed by atoms with Gasteiger partial charge in [-0.1, -0.05) is 0 Å². The summed E-state index contributed by atoms with van der Waals surface area (Å²) in [5.74, 6) is 2.38. The van der Waals surface area contributed by atoms with Gasteiger partial charge in [0.05, 0.1) is 5.56 Å². The maximum atomic E-state index is 13.3. The molecule has 0 atom stereocenters. The number of aromatic nitrogens is 1. The lowest BCUT2D eigenvalue weighted by molar-refractivity contribution is -0.137. The van der Waals surface area contributed by atoms with E-state index in [1.165, 1.54) is 6.20 Å². The zero-order valence-corrected chi connectivity index (χ0v) is 15.1.